The third-order valence-corrected chi connectivity index (χ3v) is 5.54. The molecule has 0 radical (unpaired) electrons. The number of aryl methyl sites for hydroxylation is 2. The van der Waals surface area contributed by atoms with Crippen LogP contribution in [0.5, 0.6) is 0 Å². The molecule has 7 heteroatoms. The van der Waals surface area contributed by atoms with Gasteiger partial charge in [0, 0.05) is 16.9 Å². The summed E-state index contributed by atoms with van der Waals surface area (Å²) in [7, 11) is -3.89. The Morgan fingerprint density at radius 3 is 2.36 bits per heavy atom. The van der Waals surface area contributed by atoms with Crippen molar-refractivity contribution >= 4 is 27.3 Å². The number of hydrogen-bond donors (Lipinski definition) is 2. The number of anilines is 2. The first-order valence-electron chi connectivity index (χ1n) is 8.52. The summed E-state index contributed by atoms with van der Waals surface area (Å²) in [6.45, 7) is 3.82. The Balaban J connectivity index is 1.81. The van der Waals surface area contributed by atoms with Gasteiger partial charge in [0.2, 0.25) is 0 Å². The lowest BCUT2D eigenvalue weighted by Crippen LogP contribution is -2.15. The van der Waals surface area contributed by atoms with Crippen molar-refractivity contribution in [3.8, 4) is 0 Å². The maximum atomic E-state index is 13.0. The van der Waals surface area contributed by atoms with Gasteiger partial charge >= 0.3 is 0 Å². The standard InChI is InChI=1S/C21H19FN2O3S/c1-14-6-7-15(2)20(12-14)23-21(25)16-4-3-5-18(13-16)24-28(26,27)19-10-8-17(22)9-11-19/h3-13,24H,1-2H3,(H,23,25). The Bertz CT molecular complexity index is 1130. The van der Waals surface area contributed by atoms with E-state index in [4.69, 9.17) is 0 Å². The van der Waals surface area contributed by atoms with E-state index in [2.05, 4.69) is 10.0 Å². The number of nitrogens with one attached hydrogen (secondary N) is 2. The highest BCUT2D eigenvalue weighted by Crippen LogP contribution is 2.20. The van der Waals surface area contributed by atoms with Gasteiger partial charge in [0.1, 0.15) is 5.82 Å². The molecule has 2 N–H and O–H groups in total. The molecule has 5 nitrogen and oxygen atoms in total. The summed E-state index contributed by atoms with van der Waals surface area (Å²) in [5.74, 6) is -0.874. The van der Waals surface area contributed by atoms with E-state index in [1.54, 1.807) is 12.1 Å². The normalized spacial score (nSPS) is 11.1. The van der Waals surface area contributed by atoms with Gasteiger partial charge in [-0.15, -0.1) is 0 Å². The van der Waals surface area contributed by atoms with Gasteiger partial charge in [-0.25, -0.2) is 12.8 Å². The van der Waals surface area contributed by atoms with Gasteiger partial charge in [0.25, 0.3) is 15.9 Å². The first-order chi connectivity index (χ1) is 13.2. The molecule has 0 atom stereocenters. The van der Waals surface area contributed by atoms with E-state index in [-0.39, 0.29) is 16.5 Å². The first-order valence-corrected chi connectivity index (χ1v) is 10.00. The second-order valence-electron chi connectivity index (χ2n) is 6.41. The Morgan fingerprint density at radius 1 is 0.929 bits per heavy atom. The molecule has 144 valence electrons. The number of rotatable bonds is 5. The lowest BCUT2D eigenvalue weighted by atomic mass is 10.1. The molecule has 0 aliphatic heterocycles. The molecular weight excluding hydrogens is 379 g/mol. The van der Waals surface area contributed by atoms with Crippen molar-refractivity contribution in [1.29, 1.82) is 0 Å². The molecule has 28 heavy (non-hydrogen) atoms. The average molecular weight is 398 g/mol. The van der Waals surface area contributed by atoms with Crippen LogP contribution in [0, 0.1) is 19.7 Å². The minimum atomic E-state index is -3.89. The van der Waals surface area contributed by atoms with Crippen LogP contribution in [0.3, 0.4) is 0 Å². The number of benzene rings is 3. The SMILES string of the molecule is Cc1ccc(C)c(NC(=O)c2cccc(NS(=O)(=O)c3ccc(F)cc3)c2)c1. The molecule has 0 saturated carbocycles. The van der Waals surface area contributed by atoms with Crippen LogP contribution in [-0.4, -0.2) is 14.3 Å². The third kappa shape index (κ3) is 4.55. The number of sulfonamides is 1. The predicted molar refractivity (Wildman–Crippen MR) is 108 cm³/mol. The molecule has 0 heterocycles. The van der Waals surface area contributed by atoms with Crippen molar-refractivity contribution in [3.05, 3.63) is 89.2 Å². The Hall–Kier alpha value is -3.19. The van der Waals surface area contributed by atoms with Crippen LogP contribution in [0.2, 0.25) is 0 Å². The number of hydrogen-bond acceptors (Lipinski definition) is 3. The minimum Gasteiger partial charge on any atom is -0.322 e. The molecule has 0 aliphatic carbocycles. The van der Waals surface area contributed by atoms with E-state index < -0.39 is 15.8 Å². The second kappa shape index (κ2) is 7.82. The highest BCUT2D eigenvalue weighted by molar-refractivity contribution is 7.92. The van der Waals surface area contributed by atoms with Gasteiger partial charge in [-0.3, -0.25) is 9.52 Å². The van der Waals surface area contributed by atoms with E-state index in [0.717, 1.165) is 23.3 Å². The summed E-state index contributed by atoms with van der Waals surface area (Å²) >= 11 is 0. The van der Waals surface area contributed by atoms with Crippen LogP contribution in [0.25, 0.3) is 0 Å². The molecule has 3 rings (SSSR count). The molecule has 0 fully saturated rings. The smallest absolute Gasteiger partial charge is 0.261 e. The number of carbonyl (C=O) groups excluding carboxylic acids is 1. The summed E-state index contributed by atoms with van der Waals surface area (Å²) in [4.78, 5) is 12.5. The Labute approximate surface area is 163 Å². The number of amides is 1. The van der Waals surface area contributed by atoms with Crippen molar-refractivity contribution in [3.63, 3.8) is 0 Å². The van der Waals surface area contributed by atoms with Crippen LogP contribution in [0.1, 0.15) is 21.5 Å². The Kier molecular flexibility index (Phi) is 5.46. The quantitative estimate of drug-likeness (QED) is 0.665. The fourth-order valence-corrected chi connectivity index (χ4v) is 3.67. The van der Waals surface area contributed by atoms with E-state index in [1.165, 1.54) is 24.3 Å². The third-order valence-electron chi connectivity index (χ3n) is 4.14. The van der Waals surface area contributed by atoms with Gasteiger partial charge in [0.05, 0.1) is 4.90 Å². The zero-order valence-corrected chi connectivity index (χ0v) is 16.2. The van der Waals surface area contributed by atoms with Gasteiger partial charge < -0.3 is 5.32 Å². The van der Waals surface area contributed by atoms with Gasteiger partial charge in [-0.2, -0.15) is 0 Å². The highest BCUT2D eigenvalue weighted by atomic mass is 32.2. The second-order valence-corrected chi connectivity index (χ2v) is 8.10. The molecule has 3 aromatic rings. The van der Waals surface area contributed by atoms with Crippen LogP contribution >= 0.6 is 0 Å². The van der Waals surface area contributed by atoms with Gasteiger partial charge in [0.15, 0.2) is 0 Å². The van der Waals surface area contributed by atoms with E-state index in [9.17, 15) is 17.6 Å². The van der Waals surface area contributed by atoms with E-state index in [0.29, 0.717) is 11.3 Å². The molecule has 1 amide bonds. The molecule has 0 unspecified atom stereocenters. The van der Waals surface area contributed by atoms with Gasteiger partial charge in [-0.05, 0) is 73.5 Å². The van der Waals surface area contributed by atoms with Gasteiger partial charge in [-0.1, -0.05) is 18.2 Å². The van der Waals surface area contributed by atoms with Crippen molar-refractivity contribution in [1.82, 2.24) is 0 Å². The molecule has 0 aromatic heterocycles. The summed E-state index contributed by atoms with van der Waals surface area (Å²) in [5, 5.41) is 2.84. The summed E-state index contributed by atoms with van der Waals surface area (Å²) in [5.41, 5.74) is 3.18. The first kappa shape index (κ1) is 19.6. The monoisotopic (exact) mass is 398 g/mol. The minimum absolute atomic E-state index is 0.0702. The van der Waals surface area contributed by atoms with Crippen molar-refractivity contribution in [2.24, 2.45) is 0 Å². The molecular formula is C21H19FN2O3S. The van der Waals surface area contributed by atoms with Crippen molar-refractivity contribution in [2.45, 2.75) is 18.7 Å². The number of carbonyl (C=O) groups is 1. The van der Waals surface area contributed by atoms with Crippen LogP contribution in [0.4, 0.5) is 15.8 Å². The summed E-state index contributed by atoms with van der Waals surface area (Å²) < 4.78 is 40.3. The number of halogens is 1. The lowest BCUT2D eigenvalue weighted by Gasteiger charge is -2.11. The summed E-state index contributed by atoms with van der Waals surface area (Å²) in [6.07, 6.45) is 0. The van der Waals surface area contributed by atoms with Crippen LogP contribution in [-0.2, 0) is 10.0 Å². The lowest BCUT2D eigenvalue weighted by molar-refractivity contribution is 0.102. The largest absolute Gasteiger partial charge is 0.322 e. The van der Waals surface area contributed by atoms with Crippen molar-refractivity contribution in [2.75, 3.05) is 10.0 Å². The molecule has 3 aromatic carbocycles. The molecule has 0 saturated heterocycles. The molecule has 0 bridgehead atoms. The molecule has 0 aliphatic rings. The zero-order chi connectivity index (χ0) is 20.3. The van der Waals surface area contributed by atoms with Crippen LogP contribution < -0.4 is 10.0 Å². The van der Waals surface area contributed by atoms with E-state index in [1.807, 2.05) is 32.0 Å². The maximum absolute atomic E-state index is 13.0. The fraction of sp³-hybridized carbons (Fsp3) is 0.0952. The van der Waals surface area contributed by atoms with E-state index >= 15 is 0 Å². The topological polar surface area (TPSA) is 75.3 Å². The zero-order valence-electron chi connectivity index (χ0n) is 15.4. The van der Waals surface area contributed by atoms with Crippen LogP contribution in [0.15, 0.2) is 71.6 Å². The maximum Gasteiger partial charge on any atom is 0.261 e. The predicted octanol–water partition coefficient (Wildman–Crippen LogP) is 4.50. The fourth-order valence-electron chi connectivity index (χ4n) is 2.62. The van der Waals surface area contributed by atoms with Crippen molar-refractivity contribution < 1.29 is 17.6 Å². The summed E-state index contributed by atoms with van der Waals surface area (Å²) in [6, 6.07) is 16.4. The highest BCUT2D eigenvalue weighted by Gasteiger charge is 2.15. The molecule has 0 spiro atoms. The average Bonchev–Trinajstić information content (AvgIpc) is 2.65. The Morgan fingerprint density at radius 2 is 1.64 bits per heavy atom.